The fourth-order valence-electron chi connectivity index (χ4n) is 0.608. The lowest BCUT2D eigenvalue weighted by atomic mass is 10.3. The second-order valence-corrected chi connectivity index (χ2v) is 2.97. The highest BCUT2D eigenvalue weighted by Crippen LogP contribution is 1.95. The third kappa shape index (κ3) is 1.35. The molecule has 0 aliphatic heterocycles. The van der Waals surface area contributed by atoms with Crippen molar-refractivity contribution in [3.63, 3.8) is 0 Å². The zero-order valence-corrected chi connectivity index (χ0v) is 6.99. The molecule has 0 saturated heterocycles. The molecule has 0 unspecified atom stereocenters. The monoisotopic (exact) mass is 144 g/mol. The maximum Gasteiger partial charge on any atom is 0.123 e. The van der Waals surface area contributed by atoms with Crippen LogP contribution in [0.4, 0.5) is 8.78 Å². The van der Waals surface area contributed by atoms with E-state index in [1.54, 1.807) is 0 Å². The molecule has 1 aromatic carbocycles. The van der Waals surface area contributed by atoms with E-state index in [-0.39, 0.29) is 11.6 Å². The van der Waals surface area contributed by atoms with Gasteiger partial charge < -0.3 is 0 Å². The Kier molecular flexibility index (Phi) is 1.62. The van der Waals surface area contributed by atoms with Gasteiger partial charge in [-0.05, 0) is 23.4 Å². The quantitative estimate of drug-likeness (QED) is 0.448. The molecule has 0 fully saturated rings. The third-order valence-corrected chi connectivity index (χ3v) is 1.89. The molecular formula is C6H6F2Si. The Morgan fingerprint density at radius 3 is 2.33 bits per heavy atom. The van der Waals surface area contributed by atoms with E-state index in [4.69, 9.17) is 0 Å². The van der Waals surface area contributed by atoms with Gasteiger partial charge in [0.25, 0.3) is 0 Å². The Balaban J connectivity index is 3.17. The van der Waals surface area contributed by atoms with E-state index in [1.165, 1.54) is 6.07 Å². The topological polar surface area (TPSA) is 0 Å². The molecule has 0 bridgehead atoms. The van der Waals surface area contributed by atoms with E-state index >= 15 is 0 Å². The highest BCUT2D eigenvalue weighted by molar-refractivity contribution is 6.32. The van der Waals surface area contributed by atoms with Crippen LogP contribution in [0.1, 0.15) is 0 Å². The fourth-order valence-corrected chi connectivity index (χ4v) is 1.05. The summed E-state index contributed by atoms with van der Waals surface area (Å²) in [6, 6.07) is 3.50. The van der Waals surface area contributed by atoms with Crippen LogP contribution in [-0.2, 0) is 0 Å². The highest BCUT2D eigenvalue weighted by Gasteiger charge is 1.95. The first kappa shape index (κ1) is 6.42. The second kappa shape index (κ2) is 2.27. The van der Waals surface area contributed by atoms with Crippen molar-refractivity contribution < 1.29 is 8.78 Å². The highest BCUT2D eigenvalue weighted by atomic mass is 28.1. The molecule has 1 rings (SSSR count). The van der Waals surface area contributed by atoms with Crippen molar-refractivity contribution in [2.24, 2.45) is 0 Å². The van der Waals surface area contributed by atoms with Crippen LogP contribution in [-0.4, -0.2) is 10.2 Å². The number of halogens is 2. The van der Waals surface area contributed by atoms with E-state index in [1.807, 2.05) is 0 Å². The molecule has 48 valence electrons. The van der Waals surface area contributed by atoms with E-state index < -0.39 is 0 Å². The van der Waals surface area contributed by atoms with Gasteiger partial charge >= 0.3 is 0 Å². The third-order valence-electron chi connectivity index (χ3n) is 1.12. The number of hydrogen-bond acceptors (Lipinski definition) is 0. The van der Waals surface area contributed by atoms with Gasteiger partial charge in [-0.15, -0.1) is 0 Å². The molecule has 0 radical (unpaired) electrons. The Morgan fingerprint density at radius 2 is 1.89 bits per heavy atom. The van der Waals surface area contributed by atoms with Gasteiger partial charge in [0, 0.05) is 10.2 Å². The maximum atomic E-state index is 12.4. The lowest BCUT2D eigenvalue weighted by Gasteiger charge is -1.92. The van der Waals surface area contributed by atoms with Crippen molar-refractivity contribution in [1.82, 2.24) is 0 Å². The lowest BCUT2D eigenvalue weighted by Crippen LogP contribution is -2.07. The van der Waals surface area contributed by atoms with Crippen LogP contribution in [0.5, 0.6) is 0 Å². The molecule has 0 nitrogen and oxygen atoms in total. The van der Waals surface area contributed by atoms with Crippen molar-refractivity contribution in [2.45, 2.75) is 0 Å². The SMILES string of the molecule is Fc1ccc(F)c([SiH3])c1. The first-order valence-corrected chi connectivity index (χ1v) is 3.62. The van der Waals surface area contributed by atoms with Gasteiger partial charge in [0.2, 0.25) is 0 Å². The second-order valence-electron chi connectivity index (χ2n) is 1.89. The van der Waals surface area contributed by atoms with Gasteiger partial charge in [-0.2, -0.15) is 0 Å². The molecule has 3 heteroatoms. The molecule has 0 aromatic heterocycles. The number of rotatable bonds is 0. The van der Waals surface area contributed by atoms with E-state index in [0.29, 0.717) is 15.4 Å². The zero-order valence-electron chi connectivity index (χ0n) is 4.99. The minimum atomic E-state index is -0.360. The van der Waals surface area contributed by atoms with Gasteiger partial charge in [-0.1, -0.05) is 0 Å². The van der Waals surface area contributed by atoms with Crippen molar-refractivity contribution >= 4 is 15.4 Å². The molecule has 0 heterocycles. The first-order chi connectivity index (χ1) is 4.20. The Bertz CT molecular complexity index is 222. The molecular weight excluding hydrogens is 138 g/mol. The lowest BCUT2D eigenvalue weighted by molar-refractivity contribution is 0.607. The van der Waals surface area contributed by atoms with Crippen LogP contribution < -0.4 is 5.19 Å². The summed E-state index contributed by atoms with van der Waals surface area (Å²) in [7, 11) is 0.560. The van der Waals surface area contributed by atoms with Crippen LogP contribution in [0, 0.1) is 11.6 Å². The predicted molar refractivity (Wildman–Crippen MR) is 35.9 cm³/mol. The van der Waals surface area contributed by atoms with Gasteiger partial charge in [0.1, 0.15) is 11.6 Å². The zero-order chi connectivity index (χ0) is 6.85. The summed E-state index contributed by atoms with van der Waals surface area (Å²) < 4.78 is 24.6. The first-order valence-electron chi connectivity index (χ1n) is 2.62. The van der Waals surface area contributed by atoms with Gasteiger partial charge in [0.05, 0.1) is 0 Å². The largest absolute Gasteiger partial charge is 0.207 e. The summed E-state index contributed by atoms with van der Waals surface area (Å²) in [6.45, 7) is 0. The molecule has 0 aliphatic carbocycles. The molecule has 1 aromatic rings. The molecule has 0 aliphatic rings. The Hall–Kier alpha value is -0.703. The summed E-state index contributed by atoms with van der Waals surface area (Å²) in [6.07, 6.45) is 0. The summed E-state index contributed by atoms with van der Waals surface area (Å²) in [5.74, 6) is -0.663. The average Bonchev–Trinajstić information content (AvgIpc) is 1.80. The average molecular weight is 144 g/mol. The maximum absolute atomic E-state index is 12.4. The van der Waals surface area contributed by atoms with Crippen LogP contribution in [0.15, 0.2) is 18.2 Å². The predicted octanol–water partition coefficient (Wildman–Crippen LogP) is -0.0445. The number of benzene rings is 1. The Labute approximate surface area is 54.9 Å². The Morgan fingerprint density at radius 1 is 1.22 bits per heavy atom. The van der Waals surface area contributed by atoms with Crippen LogP contribution in [0.2, 0.25) is 0 Å². The fraction of sp³-hybridized carbons (Fsp3) is 0. The van der Waals surface area contributed by atoms with Crippen molar-refractivity contribution in [3.8, 4) is 0 Å². The molecule has 0 N–H and O–H groups in total. The van der Waals surface area contributed by atoms with E-state index in [2.05, 4.69) is 0 Å². The van der Waals surface area contributed by atoms with E-state index in [0.717, 1.165) is 12.1 Å². The van der Waals surface area contributed by atoms with Crippen LogP contribution >= 0.6 is 0 Å². The molecule has 0 saturated carbocycles. The smallest absolute Gasteiger partial charge is 0.123 e. The molecule has 9 heavy (non-hydrogen) atoms. The van der Waals surface area contributed by atoms with Gasteiger partial charge in [-0.25, -0.2) is 8.78 Å². The van der Waals surface area contributed by atoms with Crippen LogP contribution in [0.3, 0.4) is 0 Å². The molecule has 0 spiro atoms. The van der Waals surface area contributed by atoms with Crippen molar-refractivity contribution in [2.75, 3.05) is 0 Å². The summed E-state index contributed by atoms with van der Waals surface area (Å²) in [5.41, 5.74) is 0. The van der Waals surface area contributed by atoms with E-state index in [9.17, 15) is 8.78 Å². The minimum Gasteiger partial charge on any atom is -0.207 e. The van der Waals surface area contributed by atoms with Crippen molar-refractivity contribution in [1.29, 1.82) is 0 Å². The summed E-state index contributed by atoms with van der Waals surface area (Å²) in [4.78, 5) is 0. The van der Waals surface area contributed by atoms with Gasteiger partial charge in [-0.3, -0.25) is 0 Å². The summed E-state index contributed by atoms with van der Waals surface area (Å²) in [5, 5.41) is 0.481. The summed E-state index contributed by atoms with van der Waals surface area (Å²) >= 11 is 0. The van der Waals surface area contributed by atoms with Gasteiger partial charge in [0.15, 0.2) is 0 Å². The normalized spacial score (nSPS) is 10.0. The minimum absolute atomic E-state index is 0.303. The van der Waals surface area contributed by atoms with Crippen LogP contribution in [0.25, 0.3) is 0 Å². The molecule has 0 atom stereocenters. The van der Waals surface area contributed by atoms with Crippen molar-refractivity contribution in [3.05, 3.63) is 29.8 Å². The molecule has 0 amide bonds. The number of hydrogen-bond donors (Lipinski definition) is 0. The standard InChI is InChI=1S/C6H6F2Si/c7-4-1-2-5(8)6(9)3-4/h1-3H,9H3.